The van der Waals surface area contributed by atoms with E-state index in [0.29, 0.717) is 24.1 Å². The average molecular weight is 322 g/mol. The minimum Gasteiger partial charge on any atom is -0.370 e. The van der Waals surface area contributed by atoms with E-state index in [0.717, 1.165) is 51.3 Å². The smallest absolute Gasteiger partial charge is 0.226 e. The number of aryl methyl sites for hydroxylation is 2. The summed E-state index contributed by atoms with van der Waals surface area (Å²) < 4.78 is 5.09. The first kappa shape index (κ1) is 17.2. The number of carbonyl (C=O) groups excluding carboxylic acids is 1. The molecule has 1 fully saturated rings. The Labute approximate surface area is 136 Å². The summed E-state index contributed by atoms with van der Waals surface area (Å²) >= 11 is 0. The van der Waals surface area contributed by atoms with E-state index in [4.69, 9.17) is 10.3 Å². The van der Waals surface area contributed by atoms with Crippen LogP contribution in [0.2, 0.25) is 0 Å². The van der Waals surface area contributed by atoms with Gasteiger partial charge >= 0.3 is 0 Å². The van der Waals surface area contributed by atoms with Crippen molar-refractivity contribution >= 4 is 11.9 Å². The number of carbonyl (C=O) groups is 1. The van der Waals surface area contributed by atoms with Gasteiger partial charge in [-0.05, 0) is 32.1 Å². The number of nitrogens with two attached hydrogens (primary N) is 1. The van der Waals surface area contributed by atoms with Crippen LogP contribution in [0.25, 0.3) is 0 Å². The van der Waals surface area contributed by atoms with E-state index in [1.54, 1.807) is 7.05 Å². The molecule has 0 spiro atoms. The number of aliphatic imine (C=N–C) groups is 1. The highest BCUT2D eigenvalue weighted by Crippen LogP contribution is 2.19. The molecule has 128 valence electrons. The van der Waals surface area contributed by atoms with Crippen LogP contribution >= 0.6 is 0 Å². The van der Waals surface area contributed by atoms with Gasteiger partial charge in [-0.3, -0.25) is 9.79 Å². The van der Waals surface area contributed by atoms with Crippen LogP contribution in [0.1, 0.15) is 37.4 Å². The van der Waals surface area contributed by atoms with E-state index in [9.17, 15) is 4.79 Å². The van der Waals surface area contributed by atoms with Crippen LogP contribution in [0.3, 0.4) is 0 Å². The van der Waals surface area contributed by atoms with Crippen molar-refractivity contribution in [2.45, 2.75) is 39.0 Å². The molecule has 0 bridgehead atoms. The predicted molar refractivity (Wildman–Crippen MR) is 86.8 cm³/mol. The molecule has 1 amide bonds. The molecule has 2 heterocycles. The van der Waals surface area contributed by atoms with E-state index in [1.165, 1.54) is 0 Å². The molecule has 1 saturated heterocycles. The number of guanidine groups is 1. The molecule has 0 saturated carbocycles. The molecular weight excluding hydrogens is 296 g/mol. The SMILES string of the molecule is CN=C(NCCCc1nc(C)no1)N1CCCC(CC(N)=O)C1. The number of rotatable bonds is 6. The Bertz CT molecular complexity index is 542. The van der Waals surface area contributed by atoms with Gasteiger partial charge in [0.25, 0.3) is 0 Å². The second-order valence-electron chi connectivity index (χ2n) is 5.94. The quantitative estimate of drug-likeness (QED) is 0.448. The fourth-order valence-corrected chi connectivity index (χ4v) is 2.92. The molecule has 8 nitrogen and oxygen atoms in total. The Hall–Kier alpha value is -2.12. The Kier molecular flexibility index (Phi) is 6.37. The van der Waals surface area contributed by atoms with E-state index >= 15 is 0 Å². The highest BCUT2D eigenvalue weighted by atomic mass is 16.5. The van der Waals surface area contributed by atoms with Gasteiger partial charge < -0.3 is 20.5 Å². The second-order valence-corrected chi connectivity index (χ2v) is 5.94. The summed E-state index contributed by atoms with van der Waals surface area (Å²) in [5.74, 6) is 2.30. The molecule has 1 atom stereocenters. The fraction of sp³-hybridized carbons (Fsp3) is 0.733. The van der Waals surface area contributed by atoms with Crippen LogP contribution in [0.4, 0.5) is 0 Å². The Morgan fingerprint density at radius 2 is 2.39 bits per heavy atom. The zero-order valence-electron chi connectivity index (χ0n) is 13.9. The predicted octanol–water partition coefficient (Wildman–Crippen LogP) is 0.473. The fourth-order valence-electron chi connectivity index (χ4n) is 2.92. The summed E-state index contributed by atoms with van der Waals surface area (Å²) in [6.45, 7) is 4.38. The number of hydrogen-bond donors (Lipinski definition) is 2. The van der Waals surface area contributed by atoms with Gasteiger partial charge in [-0.2, -0.15) is 4.98 Å². The molecule has 8 heteroatoms. The highest BCUT2D eigenvalue weighted by Gasteiger charge is 2.23. The first-order valence-electron chi connectivity index (χ1n) is 8.11. The maximum Gasteiger partial charge on any atom is 0.226 e. The number of primary amides is 1. The lowest BCUT2D eigenvalue weighted by Gasteiger charge is -2.34. The van der Waals surface area contributed by atoms with Crippen LogP contribution in [0, 0.1) is 12.8 Å². The molecule has 2 rings (SSSR count). The Morgan fingerprint density at radius 3 is 3.04 bits per heavy atom. The summed E-state index contributed by atoms with van der Waals surface area (Å²) in [4.78, 5) is 21.8. The van der Waals surface area contributed by atoms with Crippen LogP contribution in [0.5, 0.6) is 0 Å². The molecule has 1 aliphatic rings. The number of aromatic nitrogens is 2. The third kappa shape index (κ3) is 5.54. The molecule has 1 aromatic rings. The first-order chi connectivity index (χ1) is 11.1. The zero-order valence-corrected chi connectivity index (χ0v) is 13.9. The molecule has 23 heavy (non-hydrogen) atoms. The van der Waals surface area contributed by atoms with E-state index < -0.39 is 0 Å². The molecule has 1 aliphatic heterocycles. The minimum atomic E-state index is -0.227. The molecule has 3 N–H and O–H groups in total. The summed E-state index contributed by atoms with van der Waals surface area (Å²) in [6, 6.07) is 0. The monoisotopic (exact) mass is 322 g/mol. The molecule has 0 aromatic carbocycles. The maximum atomic E-state index is 11.1. The molecule has 1 aromatic heterocycles. The average Bonchev–Trinajstić information content (AvgIpc) is 2.92. The van der Waals surface area contributed by atoms with Crippen molar-refractivity contribution in [1.82, 2.24) is 20.4 Å². The number of nitrogens with zero attached hydrogens (tertiary/aromatic N) is 4. The van der Waals surface area contributed by atoms with Crippen molar-refractivity contribution in [3.63, 3.8) is 0 Å². The summed E-state index contributed by atoms with van der Waals surface area (Å²) in [5.41, 5.74) is 5.31. The molecular formula is C15H26N6O2. The lowest BCUT2D eigenvalue weighted by molar-refractivity contribution is -0.119. The number of piperidine rings is 1. The van der Waals surface area contributed by atoms with Gasteiger partial charge in [0.15, 0.2) is 11.8 Å². The van der Waals surface area contributed by atoms with Gasteiger partial charge in [0.05, 0.1) is 0 Å². The largest absolute Gasteiger partial charge is 0.370 e. The third-order valence-corrected chi connectivity index (χ3v) is 3.94. The van der Waals surface area contributed by atoms with Gasteiger partial charge in [0, 0.05) is 39.5 Å². The van der Waals surface area contributed by atoms with Gasteiger partial charge in [-0.15, -0.1) is 0 Å². The number of amides is 1. The molecule has 1 unspecified atom stereocenters. The van der Waals surface area contributed by atoms with Gasteiger partial charge in [-0.25, -0.2) is 0 Å². The van der Waals surface area contributed by atoms with Gasteiger partial charge in [0.1, 0.15) is 0 Å². The number of nitrogens with one attached hydrogen (secondary N) is 1. The van der Waals surface area contributed by atoms with E-state index in [1.807, 2.05) is 6.92 Å². The Balaban J connectivity index is 1.74. The highest BCUT2D eigenvalue weighted by molar-refractivity contribution is 5.80. The topological polar surface area (TPSA) is 110 Å². The lowest BCUT2D eigenvalue weighted by atomic mass is 9.95. The van der Waals surface area contributed by atoms with Crippen molar-refractivity contribution in [2.75, 3.05) is 26.7 Å². The van der Waals surface area contributed by atoms with Crippen molar-refractivity contribution in [3.8, 4) is 0 Å². The van der Waals surface area contributed by atoms with Crippen LogP contribution in [-0.4, -0.2) is 53.6 Å². The van der Waals surface area contributed by atoms with Gasteiger partial charge in [0.2, 0.25) is 11.8 Å². The molecule has 0 radical (unpaired) electrons. The third-order valence-electron chi connectivity index (χ3n) is 3.94. The van der Waals surface area contributed by atoms with E-state index in [2.05, 4.69) is 25.3 Å². The van der Waals surface area contributed by atoms with Crippen LogP contribution in [0.15, 0.2) is 9.52 Å². The summed E-state index contributed by atoms with van der Waals surface area (Å²) in [7, 11) is 1.78. The van der Waals surface area contributed by atoms with Crippen molar-refractivity contribution in [2.24, 2.45) is 16.6 Å². The van der Waals surface area contributed by atoms with Crippen molar-refractivity contribution in [3.05, 3.63) is 11.7 Å². The second kappa shape index (κ2) is 8.50. The Morgan fingerprint density at radius 1 is 1.57 bits per heavy atom. The maximum absolute atomic E-state index is 11.1. The van der Waals surface area contributed by atoms with Gasteiger partial charge in [-0.1, -0.05) is 5.16 Å². The standard InChI is InChI=1S/C15H26N6O2/c1-11-19-14(23-20-11)6-3-7-18-15(17-2)21-8-4-5-12(10-21)9-13(16)22/h12H,3-10H2,1-2H3,(H2,16,22)(H,17,18). The van der Waals surface area contributed by atoms with Crippen LogP contribution in [-0.2, 0) is 11.2 Å². The van der Waals surface area contributed by atoms with Crippen molar-refractivity contribution < 1.29 is 9.32 Å². The zero-order chi connectivity index (χ0) is 16.7. The number of likely N-dealkylation sites (tertiary alicyclic amines) is 1. The number of hydrogen-bond acceptors (Lipinski definition) is 5. The summed E-state index contributed by atoms with van der Waals surface area (Å²) in [6.07, 6.45) is 4.19. The molecule has 0 aliphatic carbocycles. The van der Waals surface area contributed by atoms with Crippen LogP contribution < -0.4 is 11.1 Å². The van der Waals surface area contributed by atoms with E-state index in [-0.39, 0.29) is 5.91 Å². The first-order valence-corrected chi connectivity index (χ1v) is 8.11. The summed E-state index contributed by atoms with van der Waals surface area (Å²) in [5, 5.41) is 7.14. The lowest BCUT2D eigenvalue weighted by Crippen LogP contribution is -2.47. The normalized spacial score (nSPS) is 19.0. The van der Waals surface area contributed by atoms with Crippen molar-refractivity contribution in [1.29, 1.82) is 0 Å². The minimum absolute atomic E-state index is 0.227.